The van der Waals surface area contributed by atoms with E-state index in [0.717, 1.165) is 38.5 Å². The summed E-state index contributed by atoms with van der Waals surface area (Å²) in [4.78, 5) is 37.8. The largest absolute Gasteiger partial charge is 0.477 e. The molecule has 0 fully saturated rings. The van der Waals surface area contributed by atoms with Crippen molar-refractivity contribution in [3.05, 3.63) is 24.3 Å². The Morgan fingerprint density at radius 3 is 0.779 bits per heavy atom. The Balaban J connectivity index is 3.92. The number of aliphatic carboxylic acids is 1. The summed E-state index contributed by atoms with van der Waals surface area (Å²) in [5.74, 6) is -1.97. The minimum atomic E-state index is -1.51. The molecule has 0 aromatic carbocycles. The van der Waals surface area contributed by atoms with Gasteiger partial charge in [0.15, 0.2) is 6.10 Å². The average Bonchev–Trinajstić information content (AvgIpc) is 2.92. The van der Waals surface area contributed by atoms with Crippen molar-refractivity contribution in [3.63, 3.8) is 0 Å². The van der Waals surface area contributed by atoms with E-state index in [-0.39, 0.29) is 38.2 Å². The number of nitrogens with zero attached hydrogens (tertiary/aromatic N) is 1. The molecule has 0 spiro atoms. The molecule has 2 atom stereocenters. The number of ether oxygens (including phenoxy) is 4. The van der Waals surface area contributed by atoms with Gasteiger partial charge in [-0.2, -0.15) is 0 Å². The number of carboxylic acids is 1. The van der Waals surface area contributed by atoms with Gasteiger partial charge in [0, 0.05) is 12.8 Å². The van der Waals surface area contributed by atoms with Gasteiger partial charge < -0.3 is 28.5 Å². The molecule has 0 amide bonds. The molecule has 0 aromatic heterocycles. The number of quaternary nitrogens is 1. The van der Waals surface area contributed by atoms with Crippen molar-refractivity contribution < 1.29 is 42.9 Å². The molecule has 0 rings (SSSR count). The van der Waals surface area contributed by atoms with Crippen molar-refractivity contribution in [2.75, 3.05) is 47.5 Å². The van der Waals surface area contributed by atoms with Crippen LogP contribution in [-0.2, 0) is 33.3 Å². The van der Waals surface area contributed by atoms with Crippen LogP contribution in [0.1, 0.15) is 450 Å². The number of rotatable bonds is 81. The fourth-order valence-electron chi connectivity index (χ4n) is 13.2. The molecule has 0 aliphatic heterocycles. The van der Waals surface area contributed by atoms with Gasteiger partial charge in [0.1, 0.15) is 13.2 Å². The molecule has 0 aliphatic rings. The van der Waals surface area contributed by atoms with Gasteiger partial charge in [0.05, 0.1) is 34.4 Å². The SMILES string of the molecule is CCCCCCCCCC/C=C\CCCCCCCCCCCCCCCCCCCCCCCCCCCCCC(=O)OC(COC(=O)CCCCCCCCCCCCCCCCCCCCC/C=C\CCCCCCCCCC)COC(OCC[N+](C)(C)C)C(=O)O. The smallest absolute Gasteiger partial charge is 0.361 e. The third kappa shape index (κ3) is 79.0. The monoisotopic (exact) mass is 1340 g/mol. The number of carbonyl (C=O) groups excluding carboxylic acids is 2. The van der Waals surface area contributed by atoms with Crippen molar-refractivity contribution in [2.45, 2.75) is 463 Å². The van der Waals surface area contributed by atoms with E-state index in [0.29, 0.717) is 17.4 Å². The van der Waals surface area contributed by atoms with E-state index in [9.17, 15) is 19.5 Å². The predicted molar refractivity (Wildman–Crippen MR) is 411 cm³/mol. The highest BCUT2D eigenvalue weighted by Crippen LogP contribution is 2.21. The highest BCUT2D eigenvalue weighted by Gasteiger charge is 2.25. The molecule has 0 aromatic rings. The third-order valence-electron chi connectivity index (χ3n) is 19.7. The standard InChI is InChI=1S/C86H165NO8/c1-6-8-10-12-14-16-18-20-22-24-26-28-30-32-34-36-38-39-40-41-42-43-44-45-47-49-51-53-55-57-59-61-63-65-67-69-71-73-75-77-84(89)95-82(81-94-86(85(90)91)92-79-78-87(3,4)5)80-93-83(88)76-74-72-70-68-66-64-62-60-58-56-54-52-50-48-46-37-35-33-31-29-27-25-23-21-19-17-15-13-11-9-7-2/h24-27,82,86H,6-23,28-81H2,1-5H3/p+1/b26-24-,27-25-. The molecule has 9 nitrogen and oxygen atoms in total. The second kappa shape index (κ2) is 77.5. The molecule has 1 N–H and O–H groups in total. The number of hydrogen-bond donors (Lipinski definition) is 1. The van der Waals surface area contributed by atoms with Crippen molar-refractivity contribution >= 4 is 17.9 Å². The van der Waals surface area contributed by atoms with Gasteiger partial charge in [-0.3, -0.25) is 9.59 Å². The van der Waals surface area contributed by atoms with E-state index in [1.165, 1.54) is 385 Å². The second-order valence-electron chi connectivity index (χ2n) is 30.5. The number of unbranched alkanes of at least 4 members (excludes halogenated alkanes) is 62. The van der Waals surface area contributed by atoms with Crippen molar-refractivity contribution in [3.8, 4) is 0 Å². The maximum absolute atomic E-state index is 13.0. The molecule has 0 heterocycles. The number of allylic oxidation sites excluding steroid dienone is 4. The number of esters is 2. The normalized spacial score (nSPS) is 12.6. The minimum absolute atomic E-state index is 0.174. The first kappa shape index (κ1) is 92.8. The van der Waals surface area contributed by atoms with Gasteiger partial charge in [-0.25, -0.2) is 4.79 Å². The topological polar surface area (TPSA) is 108 Å². The van der Waals surface area contributed by atoms with E-state index in [4.69, 9.17) is 18.9 Å². The van der Waals surface area contributed by atoms with Gasteiger partial charge in [0.25, 0.3) is 6.29 Å². The Hall–Kier alpha value is -2.23. The quantitative estimate of drug-likeness (QED) is 0.0211. The van der Waals surface area contributed by atoms with Crippen LogP contribution in [0.4, 0.5) is 0 Å². The first-order valence-corrected chi connectivity index (χ1v) is 42.5. The minimum Gasteiger partial charge on any atom is -0.477 e. The molecule has 9 heteroatoms. The Morgan fingerprint density at radius 1 is 0.305 bits per heavy atom. The fourth-order valence-corrected chi connectivity index (χ4v) is 13.2. The summed E-state index contributed by atoms with van der Waals surface area (Å²) in [6, 6.07) is 0. The highest BCUT2D eigenvalue weighted by atomic mass is 16.7. The highest BCUT2D eigenvalue weighted by molar-refractivity contribution is 5.71. The molecule has 2 unspecified atom stereocenters. The lowest BCUT2D eigenvalue weighted by Crippen LogP contribution is -2.40. The Kier molecular flexibility index (Phi) is 75.7. The summed E-state index contributed by atoms with van der Waals surface area (Å²) in [6.07, 6.45) is 96.5. The van der Waals surface area contributed by atoms with Gasteiger partial charge >= 0.3 is 17.9 Å². The van der Waals surface area contributed by atoms with E-state index < -0.39 is 18.4 Å². The molecule has 0 saturated carbocycles. The summed E-state index contributed by atoms with van der Waals surface area (Å²) >= 11 is 0. The second-order valence-corrected chi connectivity index (χ2v) is 30.5. The van der Waals surface area contributed by atoms with Gasteiger partial charge in [-0.05, 0) is 64.2 Å². The van der Waals surface area contributed by atoms with Crippen LogP contribution >= 0.6 is 0 Å². The molecular formula is C86H166NO8+. The van der Waals surface area contributed by atoms with Gasteiger partial charge in [-0.15, -0.1) is 0 Å². The van der Waals surface area contributed by atoms with E-state index >= 15 is 0 Å². The summed E-state index contributed by atoms with van der Waals surface area (Å²) < 4.78 is 23.1. The number of hydrogen-bond acceptors (Lipinski definition) is 7. The maximum atomic E-state index is 13.0. The molecule has 95 heavy (non-hydrogen) atoms. The van der Waals surface area contributed by atoms with E-state index in [1.54, 1.807) is 0 Å². The molecule has 0 aliphatic carbocycles. The van der Waals surface area contributed by atoms with Crippen molar-refractivity contribution in [1.29, 1.82) is 0 Å². The van der Waals surface area contributed by atoms with Crippen LogP contribution in [0, 0.1) is 0 Å². The van der Waals surface area contributed by atoms with Gasteiger partial charge in [0.2, 0.25) is 0 Å². The lowest BCUT2D eigenvalue weighted by molar-refractivity contribution is -0.870. The number of carbonyl (C=O) groups is 3. The first-order chi connectivity index (χ1) is 46.6. The zero-order valence-electron chi connectivity index (χ0n) is 64.6. The fraction of sp³-hybridized carbons (Fsp3) is 0.919. The molecule has 0 bridgehead atoms. The Bertz CT molecular complexity index is 1610. The van der Waals surface area contributed by atoms with Crippen LogP contribution in [-0.4, -0.2) is 87.4 Å². The Morgan fingerprint density at radius 2 is 0.537 bits per heavy atom. The van der Waals surface area contributed by atoms with Crippen LogP contribution in [0.15, 0.2) is 24.3 Å². The van der Waals surface area contributed by atoms with Gasteiger partial charge in [-0.1, -0.05) is 398 Å². The van der Waals surface area contributed by atoms with Crippen LogP contribution in [0.5, 0.6) is 0 Å². The lowest BCUT2D eigenvalue weighted by atomic mass is 10.0. The first-order valence-electron chi connectivity index (χ1n) is 42.5. The third-order valence-corrected chi connectivity index (χ3v) is 19.7. The molecule has 0 radical (unpaired) electrons. The van der Waals surface area contributed by atoms with Crippen LogP contribution in [0.25, 0.3) is 0 Å². The zero-order chi connectivity index (χ0) is 69.0. The average molecular weight is 1340 g/mol. The zero-order valence-corrected chi connectivity index (χ0v) is 64.6. The van der Waals surface area contributed by atoms with E-state index in [2.05, 4.69) is 38.2 Å². The van der Waals surface area contributed by atoms with E-state index in [1.807, 2.05) is 21.1 Å². The molecule has 562 valence electrons. The Labute approximate surface area is 592 Å². The summed E-state index contributed by atoms with van der Waals surface area (Å²) in [5.41, 5.74) is 0. The lowest BCUT2D eigenvalue weighted by Gasteiger charge is -2.25. The summed E-state index contributed by atoms with van der Waals surface area (Å²) in [7, 11) is 6.00. The number of likely N-dealkylation sites (N-methyl/N-ethyl adjacent to an activating group) is 1. The molecule has 0 saturated heterocycles. The summed E-state index contributed by atoms with van der Waals surface area (Å²) in [5, 5.41) is 9.78. The maximum Gasteiger partial charge on any atom is 0.361 e. The summed E-state index contributed by atoms with van der Waals surface area (Å²) in [6.45, 7) is 4.97. The molecular weight excluding hydrogens is 1170 g/mol. The predicted octanol–water partition coefficient (Wildman–Crippen LogP) is 27.3. The number of carboxylic acid groups (broad SMARTS) is 1. The van der Waals surface area contributed by atoms with Crippen LogP contribution < -0.4 is 0 Å². The van der Waals surface area contributed by atoms with Crippen LogP contribution in [0.3, 0.4) is 0 Å². The van der Waals surface area contributed by atoms with Crippen molar-refractivity contribution in [2.24, 2.45) is 0 Å². The van der Waals surface area contributed by atoms with Crippen LogP contribution in [0.2, 0.25) is 0 Å². The van der Waals surface area contributed by atoms with Crippen molar-refractivity contribution in [1.82, 2.24) is 0 Å².